The molecule has 0 spiro atoms. The summed E-state index contributed by atoms with van der Waals surface area (Å²) >= 11 is 5.25. The van der Waals surface area contributed by atoms with E-state index in [2.05, 4.69) is 34.7 Å². The van der Waals surface area contributed by atoms with Crippen molar-refractivity contribution >= 4 is 33.4 Å². The zero-order valence-corrected chi connectivity index (χ0v) is 13.0. The molecule has 2 atom stereocenters. The fraction of sp³-hybridized carbons (Fsp3) is 0.538. The van der Waals surface area contributed by atoms with E-state index in [1.54, 1.807) is 0 Å². The Hall–Kier alpha value is -0.260. The van der Waals surface area contributed by atoms with Gasteiger partial charge in [-0.3, -0.25) is 0 Å². The Balaban J connectivity index is 2.36. The van der Waals surface area contributed by atoms with Crippen LogP contribution in [-0.2, 0) is 6.54 Å². The van der Waals surface area contributed by atoms with Gasteiger partial charge in [0, 0.05) is 30.1 Å². The van der Waals surface area contributed by atoms with Gasteiger partial charge in [-0.05, 0) is 34.5 Å². The largest absolute Gasteiger partial charge is 0.365 e. The molecule has 0 amide bonds. The summed E-state index contributed by atoms with van der Waals surface area (Å²) in [5.74, 6) is 0.852. The lowest BCUT2D eigenvalue weighted by molar-refractivity contribution is 0.577. The van der Waals surface area contributed by atoms with E-state index in [-0.39, 0.29) is 5.82 Å². The summed E-state index contributed by atoms with van der Waals surface area (Å²) in [5.41, 5.74) is 7.07. The van der Waals surface area contributed by atoms with E-state index in [9.17, 15) is 4.39 Å². The minimum Gasteiger partial charge on any atom is -0.365 e. The molecule has 1 aliphatic heterocycles. The van der Waals surface area contributed by atoms with Gasteiger partial charge in [-0.15, -0.1) is 0 Å². The zero-order valence-electron chi connectivity index (χ0n) is 10.6. The van der Waals surface area contributed by atoms with Crippen molar-refractivity contribution in [3.8, 4) is 0 Å². The molecule has 2 N–H and O–H groups in total. The molecule has 1 fully saturated rings. The maximum atomic E-state index is 14.4. The van der Waals surface area contributed by atoms with Crippen molar-refractivity contribution in [3.05, 3.63) is 28.0 Å². The fourth-order valence-electron chi connectivity index (χ4n) is 2.23. The highest BCUT2D eigenvalue weighted by atomic mass is 79.9. The molecular formula is C13H18BrFN2S. The minimum absolute atomic E-state index is 0.191. The van der Waals surface area contributed by atoms with E-state index in [4.69, 9.17) is 5.73 Å². The number of rotatable bonds is 2. The molecule has 2 unspecified atom stereocenters. The highest BCUT2D eigenvalue weighted by Gasteiger charge is 2.27. The first-order valence-electron chi connectivity index (χ1n) is 6.11. The topological polar surface area (TPSA) is 29.3 Å². The molecule has 100 valence electrons. The summed E-state index contributed by atoms with van der Waals surface area (Å²) in [6.07, 6.45) is 0. The normalized spacial score (nSPS) is 24.4. The average molecular weight is 333 g/mol. The van der Waals surface area contributed by atoms with Crippen LogP contribution in [0.1, 0.15) is 19.4 Å². The summed E-state index contributed by atoms with van der Waals surface area (Å²) < 4.78 is 14.9. The second-order valence-corrected chi connectivity index (χ2v) is 6.86. The molecule has 1 saturated heterocycles. The van der Waals surface area contributed by atoms with Gasteiger partial charge in [0.05, 0.1) is 10.2 Å². The summed E-state index contributed by atoms with van der Waals surface area (Å²) in [7, 11) is 0. The van der Waals surface area contributed by atoms with E-state index in [1.807, 2.05) is 23.9 Å². The van der Waals surface area contributed by atoms with Crippen LogP contribution in [0.25, 0.3) is 0 Å². The number of nitrogens with two attached hydrogens (primary N) is 1. The summed E-state index contributed by atoms with van der Waals surface area (Å²) in [6.45, 7) is 5.59. The third kappa shape index (κ3) is 2.53. The van der Waals surface area contributed by atoms with Crippen LogP contribution < -0.4 is 10.6 Å². The number of nitrogens with zero attached hydrogens (tertiary/aromatic N) is 1. The molecule has 5 heteroatoms. The van der Waals surface area contributed by atoms with E-state index in [0.717, 1.165) is 17.9 Å². The predicted octanol–water partition coefficient (Wildman–Crippen LogP) is 3.38. The molecule has 2 rings (SSSR count). The number of anilines is 1. The van der Waals surface area contributed by atoms with Crippen LogP contribution >= 0.6 is 27.7 Å². The van der Waals surface area contributed by atoms with Crippen LogP contribution in [0.3, 0.4) is 0 Å². The van der Waals surface area contributed by atoms with Gasteiger partial charge in [0.1, 0.15) is 0 Å². The Labute approximate surface area is 120 Å². The van der Waals surface area contributed by atoms with Gasteiger partial charge >= 0.3 is 0 Å². The van der Waals surface area contributed by atoms with Gasteiger partial charge < -0.3 is 10.6 Å². The number of hydrogen-bond donors (Lipinski definition) is 1. The number of thioether (sulfide) groups is 1. The second kappa shape index (κ2) is 5.80. The second-order valence-electron chi connectivity index (χ2n) is 4.59. The Kier molecular flexibility index (Phi) is 4.56. The van der Waals surface area contributed by atoms with Gasteiger partial charge in [0.15, 0.2) is 5.82 Å². The Morgan fingerprint density at radius 3 is 2.89 bits per heavy atom. The van der Waals surface area contributed by atoms with Gasteiger partial charge in [0.25, 0.3) is 0 Å². The molecule has 2 nitrogen and oxygen atoms in total. The van der Waals surface area contributed by atoms with E-state index in [0.29, 0.717) is 28.0 Å². The van der Waals surface area contributed by atoms with Crippen molar-refractivity contribution in [2.45, 2.75) is 31.7 Å². The van der Waals surface area contributed by atoms with Crippen LogP contribution in [0.2, 0.25) is 0 Å². The quantitative estimate of drug-likeness (QED) is 0.900. The molecule has 0 bridgehead atoms. The molecule has 18 heavy (non-hydrogen) atoms. The molecular weight excluding hydrogens is 315 g/mol. The molecule has 0 saturated carbocycles. The van der Waals surface area contributed by atoms with Gasteiger partial charge in [0.2, 0.25) is 0 Å². The van der Waals surface area contributed by atoms with Crippen molar-refractivity contribution < 1.29 is 4.39 Å². The average Bonchev–Trinajstić information content (AvgIpc) is 2.37. The standard InChI is InChI=1S/C13H18BrFN2S/c1-8-9(2)18-6-5-17(8)11-4-3-10(7-16)12(14)13(11)15/h3-4,8-9H,5-7,16H2,1-2H3. The lowest BCUT2D eigenvalue weighted by Gasteiger charge is -2.39. The van der Waals surface area contributed by atoms with Gasteiger partial charge in [-0.2, -0.15) is 11.8 Å². The van der Waals surface area contributed by atoms with Crippen molar-refractivity contribution in [2.24, 2.45) is 5.73 Å². The van der Waals surface area contributed by atoms with Crippen LogP contribution in [0, 0.1) is 5.82 Å². The molecule has 0 aromatic heterocycles. The van der Waals surface area contributed by atoms with Crippen LogP contribution in [0.15, 0.2) is 16.6 Å². The molecule has 1 heterocycles. The van der Waals surface area contributed by atoms with Gasteiger partial charge in [-0.1, -0.05) is 13.0 Å². The van der Waals surface area contributed by atoms with E-state index < -0.39 is 0 Å². The third-order valence-electron chi connectivity index (χ3n) is 3.56. The fourth-order valence-corrected chi connectivity index (χ4v) is 3.83. The molecule has 0 aliphatic carbocycles. The molecule has 0 radical (unpaired) electrons. The van der Waals surface area contributed by atoms with Gasteiger partial charge in [-0.25, -0.2) is 4.39 Å². The third-order valence-corrected chi connectivity index (χ3v) is 5.75. The zero-order chi connectivity index (χ0) is 13.3. The predicted molar refractivity (Wildman–Crippen MR) is 80.7 cm³/mol. The van der Waals surface area contributed by atoms with Crippen molar-refractivity contribution in [2.75, 3.05) is 17.2 Å². The van der Waals surface area contributed by atoms with Crippen molar-refractivity contribution in [1.29, 1.82) is 0 Å². The summed E-state index contributed by atoms with van der Waals surface area (Å²) in [5, 5.41) is 0.520. The first kappa shape index (κ1) is 14.2. The number of benzene rings is 1. The van der Waals surface area contributed by atoms with E-state index in [1.165, 1.54) is 0 Å². The van der Waals surface area contributed by atoms with Crippen molar-refractivity contribution in [3.63, 3.8) is 0 Å². The first-order chi connectivity index (χ1) is 8.56. The lowest BCUT2D eigenvalue weighted by atomic mass is 10.1. The Morgan fingerprint density at radius 1 is 1.50 bits per heavy atom. The first-order valence-corrected chi connectivity index (χ1v) is 7.95. The maximum Gasteiger partial charge on any atom is 0.160 e. The van der Waals surface area contributed by atoms with E-state index >= 15 is 0 Å². The summed E-state index contributed by atoms with van der Waals surface area (Å²) in [4.78, 5) is 2.15. The monoisotopic (exact) mass is 332 g/mol. The highest BCUT2D eigenvalue weighted by Crippen LogP contribution is 2.34. The van der Waals surface area contributed by atoms with Crippen LogP contribution in [-0.4, -0.2) is 23.6 Å². The maximum absolute atomic E-state index is 14.4. The number of halogens is 2. The molecule has 1 aromatic carbocycles. The minimum atomic E-state index is -0.191. The lowest BCUT2D eigenvalue weighted by Crippen LogP contribution is -2.45. The van der Waals surface area contributed by atoms with Crippen LogP contribution in [0.4, 0.5) is 10.1 Å². The summed E-state index contributed by atoms with van der Waals surface area (Å²) in [6, 6.07) is 4.09. The van der Waals surface area contributed by atoms with Crippen molar-refractivity contribution in [1.82, 2.24) is 0 Å². The van der Waals surface area contributed by atoms with Crippen LogP contribution in [0.5, 0.6) is 0 Å². The SMILES string of the molecule is CC1SCCN(c2ccc(CN)c(Br)c2F)C1C. The highest BCUT2D eigenvalue weighted by molar-refractivity contribution is 9.10. The molecule has 1 aromatic rings. The Morgan fingerprint density at radius 2 is 2.22 bits per heavy atom. The number of hydrogen-bond acceptors (Lipinski definition) is 3. The molecule has 1 aliphatic rings. The smallest absolute Gasteiger partial charge is 0.160 e. The Bertz CT molecular complexity index is 441.